The lowest BCUT2D eigenvalue weighted by molar-refractivity contribution is 0.0691. The van der Waals surface area contributed by atoms with Crippen LogP contribution in [-0.2, 0) is 0 Å². The molecule has 1 saturated carbocycles. The molecule has 5 heteroatoms. The van der Waals surface area contributed by atoms with Crippen LogP contribution < -0.4 is 5.32 Å². The Labute approximate surface area is 87.6 Å². The number of carbonyl (C=O) groups is 1. The normalized spacial score (nSPS) is 22.1. The van der Waals surface area contributed by atoms with Crippen LogP contribution in [-0.4, -0.2) is 27.1 Å². The number of aromatic carboxylic acids is 1. The van der Waals surface area contributed by atoms with Gasteiger partial charge in [-0.05, 0) is 11.8 Å². The molecule has 0 amide bonds. The van der Waals surface area contributed by atoms with Crippen LogP contribution in [0.3, 0.4) is 0 Å². The molecule has 1 unspecified atom stereocenters. The summed E-state index contributed by atoms with van der Waals surface area (Å²) in [5.74, 6) is -0.690. The van der Waals surface area contributed by atoms with Crippen LogP contribution in [0.15, 0.2) is 12.4 Å². The summed E-state index contributed by atoms with van der Waals surface area (Å²) in [7, 11) is 0. The highest BCUT2D eigenvalue weighted by atomic mass is 16.4. The molecule has 2 N–H and O–H groups in total. The maximum absolute atomic E-state index is 10.8. The van der Waals surface area contributed by atoms with Crippen molar-refractivity contribution < 1.29 is 9.90 Å². The molecule has 1 aliphatic rings. The first-order valence-electron chi connectivity index (χ1n) is 4.81. The van der Waals surface area contributed by atoms with Crippen molar-refractivity contribution in [3.63, 3.8) is 0 Å². The van der Waals surface area contributed by atoms with Gasteiger partial charge < -0.3 is 10.4 Å². The Bertz CT molecular complexity index is 403. The van der Waals surface area contributed by atoms with E-state index < -0.39 is 5.97 Å². The largest absolute Gasteiger partial charge is 0.476 e. The highest BCUT2D eigenvalue weighted by Crippen LogP contribution is 2.46. The van der Waals surface area contributed by atoms with Gasteiger partial charge in [-0.3, -0.25) is 0 Å². The summed E-state index contributed by atoms with van der Waals surface area (Å²) in [4.78, 5) is 18.6. The lowest BCUT2D eigenvalue weighted by Crippen LogP contribution is -2.14. The van der Waals surface area contributed by atoms with Crippen molar-refractivity contribution in [1.82, 2.24) is 9.97 Å². The number of aromatic nitrogens is 2. The summed E-state index contributed by atoms with van der Waals surface area (Å²) in [6.07, 6.45) is 3.90. The van der Waals surface area contributed by atoms with Gasteiger partial charge in [0.2, 0.25) is 0 Å². The van der Waals surface area contributed by atoms with E-state index in [1.165, 1.54) is 12.4 Å². The number of hydrogen-bond donors (Lipinski definition) is 2. The van der Waals surface area contributed by atoms with Gasteiger partial charge in [-0.2, -0.15) is 0 Å². The minimum absolute atomic E-state index is 0.0137. The first kappa shape index (κ1) is 9.89. The summed E-state index contributed by atoms with van der Waals surface area (Å²) in [6.45, 7) is 4.25. The average Bonchev–Trinajstić information content (AvgIpc) is 2.74. The van der Waals surface area contributed by atoms with Crippen LogP contribution in [0.4, 0.5) is 5.82 Å². The highest BCUT2D eigenvalue weighted by Gasteiger charge is 2.46. The molecule has 1 aromatic rings. The third-order valence-electron chi connectivity index (χ3n) is 2.73. The Morgan fingerprint density at radius 1 is 1.53 bits per heavy atom. The van der Waals surface area contributed by atoms with E-state index in [1.807, 2.05) is 0 Å². The van der Waals surface area contributed by atoms with Crippen molar-refractivity contribution >= 4 is 11.8 Å². The van der Waals surface area contributed by atoms with Crippen LogP contribution in [0, 0.1) is 5.41 Å². The molecule has 1 heterocycles. The maximum atomic E-state index is 10.8. The van der Waals surface area contributed by atoms with Crippen molar-refractivity contribution in [1.29, 1.82) is 0 Å². The highest BCUT2D eigenvalue weighted by molar-refractivity contribution is 5.90. The Balaban J connectivity index is 2.18. The zero-order valence-electron chi connectivity index (χ0n) is 8.69. The second-order valence-corrected chi connectivity index (χ2v) is 4.45. The van der Waals surface area contributed by atoms with E-state index in [1.54, 1.807) is 0 Å². The molecule has 0 radical (unpaired) electrons. The number of carboxylic acids is 1. The molecule has 0 aromatic carbocycles. The number of rotatable bonds is 3. The number of nitrogens with zero attached hydrogens (tertiary/aromatic N) is 2. The van der Waals surface area contributed by atoms with E-state index in [2.05, 4.69) is 29.1 Å². The van der Waals surface area contributed by atoms with Crippen molar-refractivity contribution in [3.8, 4) is 0 Å². The molecule has 2 rings (SSSR count). The van der Waals surface area contributed by atoms with Gasteiger partial charge in [0.05, 0.1) is 0 Å². The minimum atomic E-state index is -1.05. The van der Waals surface area contributed by atoms with E-state index >= 15 is 0 Å². The zero-order valence-corrected chi connectivity index (χ0v) is 8.69. The van der Waals surface area contributed by atoms with Gasteiger partial charge in [0.1, 0.15) is 0 Å². The summed E-state index contributed by atoms with van der Waals surface area (Å²) in [5.41, 5.74) is 0.216. The van der Waals surface area contributed by atoms with E-state index in [0.29, 0.717) is 11.9 Å². The summed E-state index contributed by atoms with van der Waals surface area (Å²) >= 11 is 0. The van der Waals surface area contributed by atoms with E-state index in [-0.39, 0.29) is 11.1 Å². The molecule has 1 fully saturated rings. The van der Waals surface area contributed by atoms with Gasteiger partial charge in [-0.25, -0.2) is 14.8 Å². The van der Waals surface area contributed by atoms with Gasteiger partial charge in [-0.1, -0.05) is 13.8 Å². The standard InChI is InChI=1S/C10H13N3O2/c1-10(2)5-6(10)13-8-7(9(14)15)11-3-4-12-8/h3-4,6H,5H2,1-2H3,(H,12,13)(H,14,15). The van der Waals surface area contributed by atoms with Gasteiger partial charge in [0.25, 0.3) is 0 Å². The monoisotopic (exact) mass is 207 g/mol. The summed E-state index contributed by atoms with van der Waals surface area (Å²) in [5, 5.41) is 12.0. The fraction of sp³-hybridized carbons (Fsp3) is 0.500. The molecular weight excluding hydrogens is 194 g/mol. The SMILES string of the molecule is CC1(C)CC1Nc1nccnc1C(=O)O. The third kappa shape index (κ3) is 1.91. The van der Waals surface area contributed by atoms with E-state index in [4.69, 9.17) is 5.11 Å². The van der Waals surface area contributed by atoms with Gasteiger partial charge in [0, 0.05) is 18.4 Å². The Kier molecular flexibility index (Phi) is 2.10. The van der Waals surface area contributed by atoms with Crippen molar-refractivity contribution in [3.05, 3.63) is 18.1 Å². The number of nitrogens with one attached hydrogen (secondary N) is 1. The molecule has 15 heavy (non-hydrogen) atoms. The predicted octanol–water partition coefficient (Wildman–Crippen LogP) is 1.39. The Morgan fingerprint density at radius 2 is 2.13 bits per heavy atom. The first-order valence-corrected chi connectivity index (χ1v) is 4.81. The second-order valence-electron chi connectivity index (χ2n) is 4.45. The fourth-order valence-electron chi connectivity index (χ4n) is 1.48. The van der Waals surface area contributed by atoms with E-state index in [9.17, 15) is 4.79 Å². The van der Waals surface area contributed by atoms with Crippen LogP contribution in [0.25, 0.3) is 0 Å². The average molecular weight is 207 g/mol. The Morgan fingerprint density at radius 3 is 2.67 bits per heavy atom. The molecule has 1 atom stereocenters. The van der Waals surface area contributed by atoms with Gasteiger partial charge in [0.15, 0.2) is 11.5 Å². The fourth-order valence-corrected chi connectivity index (χ4v) is 1.48. The van der Waals surface area contributed by atoms with Crippen LogP contribution in [0.1, 0.15) is 30.8 Å². The molecule has 0 aliphatic heterocycles. The van der Waals surface area contributed by atoms with Crippen LogP contribution in [0.5, 0.6) is 0 Å². The molecule has 0 bridgehead atoms. The van der Waals surface area contributed by atoms with Crippen molar-refractivity contribution in [2.24, 2.45) is 5.41 Å². The summed E-state index contributed by atoms with van der Waals surface area (Å²) < 4.78 is 0. The molecule has 1 aromatic heterocycles. The molecule has 1 aliphatic carbocycles. The molecular formula is C10H13N3O2. The minimum Gasteiger partial charge on any atom is -0.476 e. The van der Waals surface area contributed by atoms with Gasteiger partial charge >= 0.3 is 5.97 Å². The molecule has 80 valence electrons. The summed E-state index contributed by atoms with van der Waals surface area (Å²) in [6, 6.07) is 0.298. The molecule has 5 nitrogen and oxygen atoms in total. The van der Waals surface area contributed by atoms with Crippen molar-refractivity contribution in [2.45, 2.75) is 26.3 Å². The van der Waals surface area contributed by atoms with E-state index in [0.717, 1.165) is 6.42 Å². The number of carboxylic acid groups (broad SMARTS) is 1. The predicted molar refractivity (Wildman–Crippen MR) is 54.8 cm³/mol. The topological polar surface area (TPSA) is 75.1 Å². The third-order valence-corrected chi connectivity index (χ3v) is 2.73. The Hall–Kier alpha value is -1.65. The van der Waals surface area contributed by atoms with Crippen LogP contribution in [0.2, 0.25) is 0 Å². The maximum Gasteiger partial charge on any atom is 0.358 e. The second kappa shape index (κ2) is 3.18. The van der Waals surface area contributed by atoms with Crippen LogP contribution >= 0.6 is 0 Å². The smallest absolute Gasteiger partial charge is 0.358 e. The quantitative estimate of drug-likeness (QED) is 0.783. The first-order chi connectivity index (χ1) is 7.00. The lowest BCUT2D eigenvalue weighted by atomic mass is 10.2. The van der Waals surface area contributed by atoms with Gasteiger partial charge in [-0.15, -0.1) is 0 Å². The lowest BCUT2D eigenvalue weighted by Gasteiger charge is -2.08. The molecule has 0 saturated heterocycles. The number of hydrogen-bond acceptors (Lipinski definition) is 4. The molecule has 0 spiro atoms. The number of anilines is 1. The zero-order chi connectivity index (χ0) is 11.1. The van der Waals surface area contributed by atoms with Crippen molar-refractivity contribution in [2.75, 3.05) is 5.32 Å².